The Kier molecular flexibility index (Phi) is 4.79. The van der Waals surface area contributed by atoms with Crippen molar-refractivity contribution >= 4 is 33.1 Å². The van der Waals surface area contributed by atoms with Crippen molar-refractivity contribution in [1.82, 2.24) is 4.90 Å². The lowest BCUT2D eigenvalue weighted by Gasteiger charge is -2.44. The number of nitrogens with zero attached hydrogens (tertiary/aromatic N) is 1. The van der Waals surface area contributed by atoms with Crippen molar-refractivity contribution < 1.29 is 9.53 Å². The average Bonchev–Trinajstić information content (AvgIpc) is 3.17. The van der Waals surface area contributed by atoms with Gasteiger partial charge in [-0.15, -0.1) is 11.3 Å². The molecule has 5 heteroatoms. The Labute approximate surface area is 169 Å². The first-order valence-electron chi connectivity index (χ1n) is 9.98. The fourth-order valence-electron chi connectivity index (χ4n) is 4.45. The average molecular weight is 393 g/mol. The highest BCUT2D eigenvalue weighted by atomic mass is 32.1. The molecule has 2 aromatic carbocycles. The van der Waals surface area contributed by atoms with Crippen molar-refractivity contribution in [1.29, 1.82) is 0 Å². The number of nitrogens with one attached hydrogen (secondary N) is 1. The largest absolute Gasteiger partial charge is 0.459 e. The zero-order valence-corrected chi connectivity index (χ0v) is 16.5. The molecular weight excluding hydrogens is 368 g/mol. The number of esters is 1. The molecule has 6 rings (SSSR count). The summed E-state index contributed by atoms with van der Waals surface area (Å²) in [5.41, 5.74) is 1.92. The monoisotopic (exact) mass is 392 g/mol. The van der Waals surface area contributed by atoms with Gasteiger partial charge in [-0.1, -0.05) is 36.4 Å². The highest BCUT2D eigenvalue weighted by molar-refractivity contribution is 7.17. The molecule has 1 unspecified atom stereocenters. The molecule has 3 aliphatic heterocycles. The van der Waals surface area contributed by atoms with Gasteiger partial charge >= 0.3 is 5.97 Å². The van der Waals surface area contributed by atoms with Gasteiger partial charge in [-0.3, -0.25) is 4.90 Å². The van der Waals surface area contributed by atoms with Gasteiger partial charge in [0.2, 0.25) is 0 Å². The lowest BCUT2D eigenvalue weighted by atomic mass is 9.86. The maximum atomic E-state index is 13.3. The molecule has 3 fully saturated rings. The molecule has 0 spiro atoms. The Morgan fingerprint density at radius 2 is 1.82 bits per heavy atom. The number of carbonyl (C=O) groups excluding carboxylic acids is 1. The lowest BCUT2D eigenvalue weighted by Crippen LogP contribution is -2.52. The Balaban J connectivity index is 1.44. The first-order valence-corrected chi connectivity index (χ1v) is 10.9. The van der Waals surface area contributed by atoms with E-state index in [4.69, 9.17) is 4.74 Å². The Hall–Kier alpha value is -2.37. The smallest absolute Gasteiger partial charge is 0.333 e. The van der Waals surface area contributed by atoms with Gasteiger partial charge in [0.05, 0.1) is 0 Å². The van der Waals surface area contributed by atoms with E-state index in [0.717, 1.165) is 49.1 Å². The maximum absolute atomic E-state index is 13.3. The Bertz CT molecular complexity index is 963. The molecule has 0 amide bonds. The van der Waals surface area contributed by atoms with Crippen molar-refractivity contribution in [3.8, 4) is 0 Å². The molecule has 3 aromatic rings. The van der Waals surface area contributed by atoms with Crippen LogP contribution in [0.25, 0.3) is 10.1 Å². The molecule has 1 aromatic heterocycles. The maximum Gasteiger partial charge on any atom is 0.333 e. The minimum absolute atomic E-state index is 0.0139. The topological polar surface area (TPSA) is 41.6 Å². The number of hydrogen-bond acceptors (Lipinski definition) is 5. The summed E-state index contributed by atoms with van der Waals surface area (Å²) in [4.78, 5) is 15.7. The van der Waals surface area contributed by atoms with Gasteiger partial charge in [-0.05, 0) is 60.8 Å². The molecule has 28 heavy (non-hydrogen) atoms. The van der Waals surface area contributed by atoms with E-state index in [2.05, 4.69) is 27.7 Å². The van der Waals surface area contributed by atoms with Crippen LogP contribution in [0.5, 0.6) is 0 Å². The zero-order valence-electron chi connectivity index (χ0n) is 15.7. The number of piperidine rings is 3. The van der Waals surface area contributed by atoms with Crippen molar-refractivity contribution in [2.45, 2.75) is 25.0 Å². The van der Waals surface area contributed by atoms with Gasteiger partial charge in [0.15, 0.2) is 6.04 Å². The van der Waals surface area contributed by atoms with Gasteiger partial charge in [0.1, 0.15) is 6.10 Å². The Morgan fingerprint density at radius 1 is 1.07 bits per heavy atom. The number of hydrogen-bond donors (Lipinski definition) is 1. The third kappa shape index (κ3) is 3.40. The number of carbonyl (C=O) groups is 1. The number of para-hydroxylation sites is 1. The van der Waals surface area contributed by atoms with E-state index in [1.165, 1.54) is 4.70 Å². The van der Waals surface area contributed by atoms with E-state index in [1.54, 1.807) is 11.3 Å². The van der Waals surface area contributed by atoms with Crippen LogP contribution in [0.4, 0.5) is 5.69 Å². The van der Waals surface area contributed by atoms with Crippen LogP contribution in [-0.4, -0.2) is 36.6 Å². The summed E-state index contributed by atoms with van der Waals surface area (Å²) in [7, 11) is 0. The zero-order chi connectivity index (χ0) is 18.9. The number of thiophene rings is 1. The summed E-state index contributed by atoms with van der Waals surface area (Å²) in [6.07, 6.45) is 2.28. The summed E-state index contributed by atoms with van der Waals surface area (Å²) >= 11 is 1.67. The van der Waals surface area contributed by atoms with Gasteiger partial charge in [0.25, 0.3) is 0 Å². The fraction of sp³-hybridized carbons (Fsp3) is 0.348. The molecule has 4 nitrogen and oxygen atoms in total. The van der Waals surface area contributed by atoms with Crippen LogP contribution in [0.15, 0.2) is 60.0 Å². The molecule has 3 saturated heterocycles. The molecule has 0 aliphatic carbocycles. The van der Waals surface area contributed by atoms with E-state index in [0.29, 0.717) is 5.92 Å². The minimum atomic E-state index is -0.506. The van der Waals surface area contributed by atoms with Gasteiger partial charge in [0, 0.05) is 22.5 Å². The summed E-state index contributed by atoms with van der Waals surface area (Å²) in [5.74, 6) is 0.330. The fourth-order valence-corrected chi connectivity index (χ4v) is 5.44. The molecule has 0 radical (unpaired) electrons. The van der Waals surface area contributed by atoms with Crippen molar-refractivity contribution in [2.24, 2.45) is 5.92 Å². The van der Waals surface area contributed by atoms with Crippen LogP contribution in [0.1, 0.15) is 24.4 Å². The first kappa shape index (κ1) is 17.7. The summed E-state index contributed by atoms with van der Waals surface area (Å²) in [6.45, 7) is 3.15. The predicted octanol–water partition coefficient (Wildman–Crippen LogP) is 4.69. The molecule has 4 heterocycles. The summed E-state index contributed by atoms with van der Waals surface area (Å²) < 4.78 is 7.28. The molecule has 3 aliphatic rings. The molecular formula is C23H24N2O2S. The number of fused-ring (bicyclic) bond motifs is 4. The highest BCUT2D eigenvalue weighted by Gasteiger charge is 2.38. The number of anilines is 1. The molecule has 0 saturated carbocycles. The highest BCUT2D eigenvalue weighted by Crippen LogP contribution is 2.35. The van der Waals surface area contributed by atoms with Gasteiger partial charge in [-0.2, -0.15) is 0 Å². The molecule has 144 valence electrons. The second-order valence-corrected chi connectivity index (χ2v) is 8.66. The molecule has 1 N–H and O–H groups in total. The first-order chi connectivity index (χ1) is 13.8. The molecule has 2 bridgehead atoms. The van der Waals surface area contributed by atoms with E-state index < -0.39 is 6.04 Å². The van der Waals surface area contributed by atoms with Crippen molar-refractivity contribution in [2.75, 3.05) is 25.0 Å². The van der Waals surface area contributed by atoms with Crippen molar-refractivity contribution in [3.63, 3.8) is 0 Å². The van der Waals surface area contributed by atoms with Crippen LogP contribution in [0.3, 0.4) is 0 Å². The van der Waals surface area contributed by atoms with E-state index in [-0.39, 0.29) is 12.1 Å². The third-order valence-electron chi connectivity index (χ3n) is 6.01. The number of benzene rings is 2. The van der Waals surface area contributed by atoms with Crippen molar-refractivity contribution in [3.05, 3.63) is 65.5 Å². The standard InChI is InChI=1S/C23H24N2O2S/c26-23(27-20-14-25-12-10-16(20)11-13-25)22(24-17-6-2-1-3-7-17)19-15-28-21-9-5-4-8-18(19)21/h1-9,15-16,20,22,24H,10-14H2/t20?,22-/m0/s1. The minimum Gasteiger partial charge on any atom is -0.459 e. The van der Waals surface area contributed by atoms with Gasteiger partial charge in [-0.25, -0.2) is 4.79 Å². The summed E-state index contributed by atoms with van der Waals surface area (Å²) in [6, 6.07) is 17.6. The van der Waals surface area contributed by atoms with E-state index >= 15 is 0 Å². The second-order valence-electron chi connectivity index (χ2n) is 7.74. The van der Waals surface area contributed by atoms with E-state index in [1.807, 2.05) is 42.5 Å². The van der Waals surface area contributed by atoms with Crippen LogP contribution in [-0.2, 0) is 9.53 Å². The van der Waals surface area contributed by atoms with Gasteiger partial charge < -0.3 is 10.1 Å². The van der Waals surface area contributed by atoms with Crippen LogP contribution in [0.2, 0.25) is 0 Å². The number of rotatable bonds is 5. The lowest BCUT2D eigenvalue weighted by molar-refractivity contribution is -0.159. The number of ether oxygens (including phenoxy) is 1. The normalized spacial score (nSPS) is 24.8. The van der Waals surface area contributed by atoms with Crippen LogP contribution in [0, 0.1) is 5.92 Å². The van der Waals surface area contributed by atoms with Crippen LogP contribution < -0.4 is 5.32 Å². The van der Waals surface area contributed by atoms with E-state index in [9.17, 15) is 4.79 Å². The quantitative estimate of drug-likeness (QED) is 0.640. The molecule has 2 atom stereocenters. The summed E-state index contributed by atoms with van der Waals surface area (Å²) in [5, 5.41) is 6.63. The second kappa shape index (κ2) is 7.57. The SMILES string of the molecule is O=C(OC1CN2CCC1CC2)[C@@H](Nc1ccccc1)c1csc2ccccc12. The Morgan fingerprint density at radius 3 is 2.57 bits per heavy atom. The van der Waals surface area contributed by atoms with Crippen LogP contribution >= 0.6 is 11.3 Å². The third-order valence-corrected chi connectivity index (χ3v) is 6.99. The predicted molar refractivity (Wildman–Crippen MR) is 114 cm³/mol.